The van der Waals surface area contributed by atoms with Crippen molar-refractivity contribution in [2.24, 2.45) is 0 Å². The summed E-state index contributed by atoms with van der Waals surface area (Å²) in [6.45, 7) is 5.49. The number of hydrogen-bond acceptors (Lipinski definition) is 5. The van der Waals surface area contributed by atoms with Crippen LogP contribution in [-0.2, 0) is 4.79 Å². The highest BCUT2D eigenvalue weighted by Gasteiger charge is 2.15. The molecule has 1 amide bonds. The number of pyridine rings is 1. The van der Waals surface area contributed by atoms with Crippen LogP contribution in [0.1, 0.15) is 26.3 Å². The fourth-order valence-electron chi connectivity index (χ4n) is 1.34. The Morgan fingerprint density at radius 2 is 2.17 bits per heavy atom. The van der Waals surface area contributed by atoms with E-state index in [0.29, 0.717) is 17.1 Å². The van der Waals surface area contributed by atoms with Gasteiger partial charge in [-0.05, 0) is 26.8 Å². The van der Waals surface area contributed by atoms with Gasteiger partial charge >= 0.3 is 0 Å². The molecule has 0 fully saturated rings. The van der Waals surface area contributed by atoms with E-state index >= 15 is 0 Å². The maximum atomic E-state index is 11.7. The van der Waals surface area contributed by atoms with Gasteiger partial charge in [-0.3, -0.25) is 4.79 Å². The standard InChI is InChI=1S/C12H17N5O/c1-7(2)16-12(18)8(3)17-11-10(14)4-9(5-13)6-15-11/h4,6-8H,14H2,1-3H3,(H,15,17)(H,16,18). The van der Waals surface area contributed by atoms with Crippen molar-refractivity contribution in [3.8, 4) is 6.07 Å². The van der Waals surface area contributed by atoms with Crippen molar-refractivity contribution < 1.29 is 4.79 Å². The lowest BCUT2D eigenvalue weighted by molar-refractivity contribution is -0.122. The minimum Gasteiger partial charge on any atom is -0.396 e. The normalized spacial score (nSPS) is 11.7. The van der Waals surface area contributed by atoms with E-state index in [1.165, 1.54) is 12.3 Å². The van der Waals surface area contributed by atoms with Crippen LogP contribution in [0.4, 0.5) is 11.5 Å². The third-order valence-corrected chi connectivity index (χ3v) is 2.22. The van der Waals surface area contributed by atoms with Gasteiger partial charge in [0.25, 0.3) is 0 Å². The quantitative estimate of drug-likeness (QED) is 0.732. The van der Waals surface area contributed by atoms with Gasteiger partial charge in [0.15, 0.2) is 0 Å². The number of amides is 1. The molecule has 0 aliphatic carbocycles. The molecule has 0 bridgehead atoms. The van der Waals surface area contributed by atoms with Crippen LogP contribution in [-0.4, -0.2) is 23.0 Å². The molecule has 4 N–H and O–H groups in total. The minimum absolute atomic E-state index is 0.0769. The van der Waals surface area contributed by atoms with Gasteiger partial charge in [-0.15, -0.1) is 0 Å². The number of nitriles is 1. The van der Waals surface area contributed by atoms with E-state index in [2.05, 4.69) is 15.6 Å². The second-order valence-electron chi connectivity index (χ2n) is 4.30. The van der Waals surface area contributed by atoms with Crippen molar-refractivity contribution in [3.05, 3.63) is 17.8 Å². The molecule has 1 atom stereocenters. The number of carbonyl (C=O) groups excluding carboxylic acids is 1. The molecule has 0 aliphatic rings. The van der Waals surface area contributed by atoms with E-state index in [1.807, 2.05) is 19.9 Å². The minimum atomic E-state index is -0.449. The average molecular weight is 247 g/mol. The first-order valence-corrected chi connectivity index (χ1v) is 5.66. The number of nitrogen functional groups attached to an aromatic ring is 1. The molecular weight excluding hydrogens is 230 g/mol. The zero-order chi connectivity index (χ0) is 13.7. The molecule has 0 saturated carbocycles. The number of rotatable bonds is 4. The number of nitrogens with zero attached hydrogens (tertiary/aromatic N) is 2. The first-order chi connectivity index (χ1) is 8.43. The lowest BCUT2D eigenvalue weighted by atomic mass is 10.2. The van der Waals surface area contributed by atoms with Crippen LogP contribution in [0.15, 0.2) is 12.3 Å². The second kappa shape index (κ2) is 5.87. The molecule has 0 spiro atoms. The van der Waals surface area contributed by atoms with Gasteiger partial charge in [0.1, 0.15) is 17.9 Å². The maximum absolute atomic E-state index is 11.7. The van der Waals surface area contributed by atoms with Crippen LogP contribution in [0.25, 0.3) is 0 Å². The van der Waals surface area contributed by atoms with Crippen molar-refractivity contribution in [3.63, 3.8) is 0 Å². The molecule has 0 saturated heterocycles. The topological polar surface area (TPSA) is 104 Å². The van der Waals surface area contributed by atoms with Crippen molar-refractivity contribution in [2.75, 3.05) is 11.1 Å². The summed E-state index contributed by atoms with van der Waals surface area (Å²) in [4.78, 5) is 15.7. The number of nitrogens with two attached hydrogens (primary N) is 1. The van der Waals surface area contributed by atoms with E-state index in [-0.39, 0.29) is 11.9 Å². The molecule has 0 aromatic carbocycles. The van der Waals surface area contributed by atoms with E-state index in [0.717, 1.165) is 0 Å². The molecule has 0 aliphatic heterocycles. The predicted octanol–water partition coefficient (Wildman–Crippen LogP) is 0.860. The summed E-state index contributed by atoms with van der Waals surface area (Å²) >= 11 is 0. The highest BCUT2D eigenvalue weighted by atomic mass is 16.2. The molecule has 18 heavy (non-hydrogen) atoms. The van der Waals surface area contributed by atoms with E-state index in [9.17, 15) is 4.79 Å². The summed E-state index contributed by atoms with van der Waals surface area (Å²) in [7, 11) is 0. The number of nitrogens with one attached hydrogen (secondary N) is 2. The lowest BCUT2D eigenvalue weighted by Gasteiger charge is -2.17. The Labute approximate surface area is 106 Å². The van der Waals surface area contributed by atoms with Gasteiger partial charge in [-0.25, -0.2) is 4.98 Å². The van der Waals surface area contributed by atoms with Crippen LogP contribution >= 0.6 is 0 Å². The maximum Gasteiger partial charge on any atom is 0.242 e. The number of carbonyl (C=O) groups is 1. The smallest absolute Gasteiger partial charge is 0.242 e. The summed E-state index contributed by atoms with van der Waals surface area (Å²) in [5, 5.41) is 14.4. The van der Waals surface area contributed by atoms with Gasteiger partial charge in [0.05, 0.1) is 11.3 Å². The second-order valence-corrected chi connectivity index (χ2v) is 4.30. The van der Waals surface area contributed by atoms with Crippen molar-refractivity contribution >= 4 is 17.4 Å². The zero-order valence-electron chi connectivity index (χ0n) is 10.7. The van der Waals surface area contributed by atoms with E-state index in [4.69, 9.17) is 11.0 Å². The Hall–Kier alpha value is -2.29. The summed E-state index contributed by atoms with van der Waals surface area (Å²) in [6, 6.07) is 3.09. The van der Waals surface area contributed by atoms with Gasteiger partial charge < -0.3 is 16.4 Å². The predicted molar refractivity (Wildman–Crippen MR) is 69.7 cm³/mol. The van der Waals surface area contributed by atoms with Crippen LogP contribution in [0.2, 0.25) is 0 Å². The summed E-state index contributed by atoms with van der Waals surface area (Å²) in [5.74, 6) is 0.274. The summed E-state index contributed by atoms with van der Waals surface area (Å²) in [6.07, 6.45) is 1.41. The highest BCUT2D eigenvalue weighted by molar-refractivity contribution is 5.85. The molecular formula is C12H17N5O. The number of anilines is 2. The molecule has 1 aromatic heterocycles. The fraction of sp³-hybridized carbons (Fsp3) is 0.417. The fourth-order valence-corrected chi connectivity index (χ4v) is 1.34. The third kappa shape index (κ3) is 3.63. The Morgan fingerprint density at radius 3 is 2.67 bits per heavy atom. The molecule has 1 aromatic rings. The Kier molecular flexibility index (Phi) is 4.49. The Bertz CT molecular complexity index is 478. The van der Waals surface area contributed by atoms with E-state index in [1.54, 1.807) is 6.92 Å². The molecule has 96 valence electrons. The third-order valence-electron chi connectivity index (χ3n) is 2.22. The van der Waals surface area contributed by atoms with Crippen LogP contribution < -0.4 is 16.4 Å². The van der Waals surface area contributed by atoms with Gasteiger partial charge in [0, 0.05) is 12.2 Å². The average Bonchev–Trinajstić information content (AvgIpc) is 2.30. The SMILES string of the molecule is CC(C)NC(=O)C(C)Nc1ncc(C#N)cc1N. The molecule has 6 heteroatoms. The van der Waals surface area contributed by atoms with Crippen LogP contribution in [0.5, 0.6) is 0 Å². The van der Waals surface area contributed by atoms with Crippen LogP contribution in [0, 0.1) is 11.3 Å². The first kappa shape index (κ1) is 13.8. The molecule has 0 radical (unpaired) electrons. The Morgan fingerprint density at radius 1 is 1.50 bits per heavy atom. The van der Waals surface area contributed by atoms with Crippen molar-refractivity contribution in [1.82, 2.24) is 10.3 Å². The van der Waals surface area contributed by atoms with Gasteiger partial charge in [-0.2, -0.15) is 5.26 Å². The Balaban J connectivity index is 2.73. The monoisotopic (exact) mass is 247 g/mol. The molecule has 1 heterocycles. The number of hydrogen-bond donors (Lipinski definition) is 3. The largest absolute Gasteiger partial charge is 0.396 e. The van der Waals surface area contributed by atoms with E-state index < -0.39 is 6.04 Å². The van der Waals surface area contributed by atoms with Crippen molar-refractivity contribution in [1.29, 1.82) is 5.26 Å². The molecule has 1 unspecified atom stereocenters. The lowest BCUT2D eigenvalue weighted by Crippen LogP contribution is -2.41. The summed E-state index contributed by atoms with van der Waals surface area (Å²) < 4.78 is 0. The highest BCUT2D eigenvalue weighted by Crippen LogP contribution is 2.16. The molecule has 1 rings (SSSR count). The van der Waals surface area contributed by atoms with Crippen molar-refractivity contribution in [2.45, 2.75) is 32.9 Å². The first-order valence-electron chi connectivity index (χ1n) is 5.66. The van der Waals surface area contributed by atoms with Gasteiger partial charge in [0.2, 0.25) is 5.91 Å². The van der Waals surface area contributed by atoms with Gasteiger partial charge in [-0.1, -0.05) is 0 Å². The molecule has 6 nitrogen and oxygen atoms in total. The zero-order valence-corrected chi connectivity index (χ0v) is 10.7. The van der Waals surface area contributed by atoms with Crippen LogP contribution in [0.3, 0.4) is 0 Å². The number of aromatic nitrogens is 1. The summed E-state index contributed by atoms with van der Waals surface area (Å²) in [5.41, 5.74) is 6.47.